The van der Waals surface area contributed by atoms with E-state index < -0.39 is 104 Å². The maximum atomic E-state index is 14.6. The molecule has 0 unspecified atom stereocenters. The maximum absolute atomic E-state index is 14.6. The molecule has 9 N–H and O–H groups in total. The fourth-order valence-corrected chi connectivity index (χ4v) is 8.65. The zero-order chi connectivity index (χ0) is 53.7. The van der Waals surface area contributed by atoms with Gasteiger partial charge in [0.2, 0.25) is 33.7 Å². The van der Waals surface area contributed by atoms with Crippen LogP contribution in [0.4, 0.5) is 15.3 Å². The first-order valence-electron chi connectivity index (χ1n) is 23.4. The Bertz CT molecular complexity index is 2290. The first-order valence-corrected chi connectivity index (χ1v) is 25.1. The summed E-state index contributed by atoms with van der Waals surface area (Å²) in [6, 6.07) is 9.50. The molecule has 0 aliphatic heterocycles. The van der Waals surface area contributed by atoms with Gasteiger partial charge in [-0.25, -0.2) is 22.7 Å². The summed E-state index contributed by atoms with van der Waals surface area (Å²) in [5, 5.41) is 10.8. The Morgan fingerprint density at radius 1 is 0.771 bits per heavy atom. The van der Waals surface area contributed by atoms with Gasteiger partial charge in [0, 0.05) is 37.3 Å². The molecule has 0 spiro atoms. The molecule has 0 fully saturated rings. The number of carbonyl (C=O) groups excluding carboxylic acids is 7. The van der Waals surface area contributed by atoms with Crippen molar-refractivity contribution in [3.63, 3.8) is 0 Å². The number of primary amides is 1. The van der Waals surface area contributed by atoms with Crippen molar-refractivity contribution in [2.45, 2.75) is 150 Å². The Balaban J connectivity index is 2.31. The summed E-state index contributed by atoms with van der Waals surface area (Å²) in [4.78, 5) is 95.9. The third kappa shape index (κ3) is 18.4. The average molecular weight is 998 g/mol. The Morgan fingerprint density at radius 2 is 1.34 bits per heavy atom. The smallest absolute Gasteiger partial charge is 0.410 e. The summed E-state index contributed by atoms with van der Waals surface area (Å²) < 4.78 is 34.4. The number of likely N-dealkylation sites (N-methyl/N-ethyl adjacent to an activating group) is 2. The summed E-state index contributed by atoms with van der Waals surface area (Å²) in [6.07, 6.45) is 1.24. The van der Waals surface area contributed by atoms with Gasteiger partial charge in [-0.15, -0.1) is 0 Å². The van der Waals surface area contributed by atoms with E-state index in [2.05, 4.69) is 26.0 Å². The summed E-state index contributed by atoms with van der Waals surface area (Å²) in [6.45, 7) is 23.0. The number of ether oxygens (including phenoxy) is 1. The molecule has 19 nitrogen and oxygen atoms in total. The number of benzene rings is 2. The van der Waals surface area contributed by atoms with E-state index in [1.54, 1.807) is 62.4 Å². The molecule has 5 atom stereocenters. The van der Waals surface area contributed by atoms with Crippen molar-refractivity contribution < 1.29 is 46.7 Å². The van der Waals surface area contributed by atoms with Crippen LogP contribution in [0.2, 0.25) is 0 Å². The molecule has 0 bridgehead atoms. The molecule has 20 heteroatoms. The minimum absolute atomic E-state index is 0.0152. The molecule has 0 saturated heterocycles. The second-order valence-electron chi connectivity index (χ2n) is 21.1. The van der Waals surface area contributed by atoms with Gasteiger partial charge in [-0.1, -0.05) is 111 Å². The molecule has 0 saturated carbocycles. The molecule has 0 aromatic heterocycles. The number of anilines is 1. The van der Waals surface area contributed by atoms with Gasteiger partial charge in [0.25, 0.3) is 5.91 Å². The van der Waals surface area contributed by atoms with E-state index in [-0.39, 0.29) is 35.9 Å². The van der Waals surface area contributed by atoms with Crippen molar-refractivity contribution in [3.05, 3.63) is 77.4 Å². The third-order valence-electron chi connectivity index (χ3n) is 11.6. The van der Waals surface area contributed by atoms with E-state index in [1.807, 2.05) is 58.0 Å². The number of hydrogen-bond donors (Lipinski definition) is 7. The van der Waals surface area contributed by atoms with Crippen molar-refractivity contribution in [1.29, 1.82) is 0 Å². The van der Waals surface area contributed by atoms with Gasteiger partial charge in [0.1, 0.15) is 23.7 Å². The van der Waals surface area contributed by atoms with E-state index in [4.69, 9.17) is 16.2 Å². The number of rotatable bonds is 22. The second kappa shape index (κ2) is 25.2. The fraction of sp³-hybridized carbons (Fsp3) is 0.580. The molecule has 0 aliphatic rings. The van der Waals surface area contributed by atoms with Gasteiger partial charge < -0.3 is 42.4 Å². The fourth-order valence-electron chi connectivity index (χ4n) is 7.50. The van der Waals surface area contributed by atoms with E-state index in [9.17, 15) is 42.0 Å². The quantitative estimate of drug-likeness (QED) is 0.0629. The Labute approximate surface area is 415 Å². The lowest BCUT2D eigenvalue weighted by atomic mass is 9.76. The van der Waals surface area contributed by atoms with Crippen molar-refractivity contribution >= 4 is 57.4 Å². The zero-order valence-electron chi connectivity index (χ0n) is 43.7. The van der Waals surface area contributed by atoms with Crippen LogP contribution in [0.15, 0.2) is 66.2 Å². The number of sulfonamides is 1. The van der Waals surface area contributed by atoms with Crippen LogP contribution in [0.25, 0.3) is 0 Å². The lowest BCUT2D eigenvalue weighted by Crippen LogP contribution is -2.63. The molecule has 8 amide bonds. The summed E-state index contributed by atoms with van der Waals surface area (Å²) >= 11 is 0. The monoisotopic (exact) mass is 998 g/mol. The van der Waals surface area contributed by atoms with Gasteiger partial charge in [-0.2, -0.15) is 0 Å². The Hall–Kier alpha value is -6.02. The topological polar surface area (TPSA) is 282 Å². The molecule has 0 radical (unpaired) electrons. The number of nitrogens with two attached hydrogens (primary N) is 2. The normalized spacial score (nSPS) is 14.6. The molecule has 2 aromatic carbocycles. The Morgan fingerprint density at radius 3 is 1.84 bits per heavy atom. The summed E-state index contributed by atoms with van der Waals surface area (Å²) in [5.74, 6) is -4.16. The Kier molecular flexibility index (Phi) is 21.6. The van der Waals surface area contributed by atoms with Gasteiger partial charge in [0.15, 0.2) is 0 Å². The number of urea groups is 1. The molecular formula is C50H79N9O10S. The van der Waals surface area contributed by atoms with Gasteiger partial charge >= 0.3 is 12.1 Å². The van der Waals surface area contributed by atoms with Crippen molar-refractivity contribution in [3.8, 4) is 0 Å². The van der Waals surface area contributed by atoms with Crippen molar-refractivity contribution in [2.75, 3.05) is 26.0 Å². The van der Waals surface area contributed by atoms with Crippen LogP contribution in [0.5, 0.6) is 0 Å². The maximum Gasteiger partial charge on any atom is 0.410 e. The number of nitrogens with one attached hydrogen (secondary N) is 5. The molecule has 2 rings (SSSR count). The molecule has 70 heavy (non-hydrogen) atoms. The number of nitrogens with zero attached hydrogens (tertiary/aromatic N) is 2. The summed E-state index contributed by atoms with van der Waals surface area (Å²) in [5.41, 5.74) is 9.82. The summed E-state index contributed by atoms with van der Waals surface area (Å²) in [7, 11) is -1.24. The number of amides is 8. The van der Waals surface area contributed by atoms with Crippen molar-refractivity contribution in [2.24, 2.45) is 28.7 Å². The highest BCUT2D eigenvalue weighted by atomic mass is 32.2. The van der Waals surface area contributed by atoms with Crippen LogP contribution in [-0.2, 0) is 49.9 Å². The largest absolute Gasteiger partial charge is 0.444 e. The van der Waals surface area contributed by atoms with Crippen LogP contribution in [-0.4, -0.2) is 116 Å². The minimum atomic E-state index is -4.27. The predicted octanol–water partition coefficient (Wildman–Crippen LogP) is 4.66. The van der Waals surface area contributed by atoms with E-state index in [0.29, 0.717) is 12.1 Å². The zero-order valence-corrected chi connectivity index (χ0v) is 44.5. The third-order valence-corrected chi connectivity index (χ3v) is 12.8. The molecule has 0 heterocycles. The number of hydrogen-bond acceptors (Lipinski definition) is 11. The van der Waals surface area contributed by atoms with E-state index in [1.165, 1.54) is 54.1 Å². The predicted molar refractivity (Wildman–Crippen MR) is 271 cm³/mol. The van der Waals surface area contributed by atoms with E-state index >= 15 is 0 Å². The first kappa shape index (κ1) is 60.1. The average Bonchev–Trinajstić information content (AvgIpc) is 3.24. The van der Waals surface area contributed by atoms with Crippen LogP contribution in [0.3, 0.4) is 0 Å². The second-order valence-corrected chi connectivity index (χ2v) is 22.8. The lowest BCUT2D eigenvalue weighted by molar-refractivity contribution is -0.141. The van der Waals surface area contributed by atoms with Crippen LogP contribution in [0, 0.1) is 17.3 Å². The lowest BCUT2D eigenvalue weighted by Gasteiger charge is -2.42. The van der Waals surface area contributed by atoms with Crippen LogP contribution >= 0.6 is 0 Å². The molecular weight excluding hydrogens is 919 g/mol. The molecule has 390 valence electrons. The highest BCUT2D eigenvalue weighted by Crippen LogP contribution is 2.32. The van der Waals surface area contributed by atoms with E-state index in [0.717, 1.165) is 5.56 Å². The highest BCUT2D eigenvalue weighted by molar-refractivity contribution is 7.89. The van der Waals surface area contributed by atoms with Gasteiger partial charge in [-0.05, 0) is 81.0 Å². The SMILES string of the molecule is C/C(=C\[C@H](C(C)C)N(C)C(=O)[C@@H](NC(=O)[C@@H](N(C)C(=O)OC(C)(C)C)C(C)(C)c1ccccc1)C(C)(C)C)C(=O)NS(=O)(=O)Cc1ccc(NC(=O)[C@H](CCCNC(N)=O)NC(=O)[C@@H](N)C(C)C)cc1. The number of carbonyl (C=O) groups is 7. The van der Waals surface area contributed by atoms with Crippen molar-refractivity contribution in [1.82, 2.24) is 30.5 Å². The first-order chi connectivity index (χ1) is 32.1. The minimum Gasteiger partial charge on any atom is -0.444 e. The van der Waals surface area contributed by atoms with Gasteiger partial charge in [-0.3, -0.25) is 28.9 Å². The highest BCUT2D eigenvalue weighted by Gasteiger charge is 2.46. The molecule has 0 aliphatic carbocycles. The molecule has 2 aromatic rings. The standard InChI is InChI=1S/C50H79N9O10S/c1-30(2)37(58(14)45(64)39(48(6,7)8)56-44(63)40(59(15)47(66)69-49(9,10)11)50(12,13)34-20-17-16-18-21-34)28-32(5)41(60)57-70(67,68)29-33-23-25-35(26-24-33)54-42(61)36(22-19-27-53-46(52)65)55-43(62)38(51)31(3)4/h16-18,20-21,23-26,28,30-31,36-40H,19,22,27,29,51H2,1-15H3,(H,54,61)(H,55,62)(H,56,63)(H,57,60)(H3,52,53,65)/b32-28+/t36-,37+,38-,39+,40+/m0/s1. The van der Waals surface area contributed by atoms with Crippen LogP contribution < -0.4 is 37.5 Å². The van der Waals surface area contributed by atoms with Crippen LogP contribution in [0.1, 0.15) is 114 Å². The van der Waals surface area contributed by atoms with Gasteiger partial charge in [0.05, 0.1) is 17.8 Å².